The summed E-state index contributed by atoms with van der Waals surface area (Å²) < 4.78 is 5.31. The molecule has 29 heavy (non-hydrogen) atoms. The Morgan fingerprint density at radius 3 is 2.31 bits per heavy atom. The molecule has 0 bridgehead atoms. The van der Waals surface area contributed by atoms with Gasteiger partial charge in [-0.2, -0.15) is 0 Å². The number of esters is 1. The van der Waals surface area contributed by atoms with Gasteiger partial charge in [0, 0.05) is 12.5 Å². The third kappa shape index (κ3) is 6.15. The van der Waals surface area contributed by atoms with E-state index in [1.807, 2.05) is 60.7 Å². The number of nitrogens with two attached hydrogens (primary N) is 1. The van der Waals surface area contributed by atoms with E-state index in [0.717, 1.165) is 11.1 Å². The first-order valence-corrected chi connectivity index (χ1v) is 9.59. The van der Waals surface area contributed by atoms with E-state index in [9.17, 15) is 14.4 Å². The van der Waals surface area contributed by atoms with E-state index in [1.165, 1.54) is 0 Å². The van der Waals surface area contributed by atoms with E-state index in [-0.39, 0.29) is 31.4 Å². The van der Waals surface area contributed by atoms with Crippen molar-refractivity contribution in [2.45, 2.75) is 44.0 Å². The quantitative estimate of drug-likeness (QED) is 0.550. The van der Waals surface area contributed by atoms with Gasteiger partial charge in [-0.05, 0) is 17.5 Å². The largest absolute Gasteiger partial charge is 0.461 e. The van der Waals surface area contributed by atoms with E-state index >= 15 is 0 Å². The van der Waals surface area contributed by atoms with E-state index in [0.29, 0.717) is 6.42 Å². The Balaban J connectivity index is 1.57. The molecule has 2 amide bonds. The van der Waals surface area contributed by atoms with Gasteiger partial charge in [0.25, 0.3) is 0 Å². The number of hydrogen-bond donors (Lipinski definition) is 3. The fourth-order valence-corrected chi connectivity index (χ4v) is 3.40. The lowest BCUT2D eigenvalue weighted by Crippen LogP contribution is -2.52. The zero-order valence-corrected chi connectivity index (χ0v) is 16.0. The maximum Gasteiger partial charge on any atom is 0.308 e. The van der Waals surface area contributed by atoms with E-state index in [1.54, 1.807) is 0 Å². The van der Waals surface area contributed by atoms with Gasteiger partial charge >= 0.3 is 5.97 Å². The lowest BCUT2D eigenvalue weighted by molar-refractivity contribution is -0.145. The number of rotatable bonds is 9. The van der Waals surface area contributed by atoms with Crippen molar-refractivity contribution in [1.29, 1.82) is 0 Å². The molecule has 0 aromatic heterocycles. The van der Waals surface area contributed by atoms with Crippen LogP contribution in [0.5, 0.6) is 0 Å². The van der Waals surface area contributed by atoms with Gasteiger partial charge in [-0.1, -0.05) is 60.7 Å². The standard InChI is InChI=1S/C22H25N3O4/c23-22(28)19(11-15-7-3-1-4-8-15)24-17-12-20(26)25-18(17)13-21(27)29-14-16-9-5-2-6-10-16/h1-10,17-19,24H,11-14H2,(H2,23,28)(H,25,26)/t17?,18?,19-/m0/s1. The second kappa shape index (κ2) is 9.84. The van der Waals surface area contributed by atoms with Crippen LogP contribution in [0.3, 0.4) is 0 Å². The molecule has 3 rings (SSSR count). The molecule has 1 aliphatic rings. The van der Waals surface area contributed by atoms with Gasteiger partial charge in [0.15, 0.2) is 0 Å². The van der Waals surface area contributed by atoms with Gasteiger partial charge in [-0.25, -0.2) is 0 Å². The molecular weight excluding hydrogens is 370 g/mol. The van der Waals surface area contributed by atoms with Crippen LogP contribution < -0.4 is 16.4 Å². The van der Waals surface area contributed by atoms with Gasteiger partial charge in [-0.3, -0.25) is 14.4 Å². The van der Waals surface area contributed by atoms with Crippen molar-refractivity contribution in [2.75, 3.05) is 0 Å². The van der Waals surface area contributed by atoms with Crippen LogP contribution in [0.4, 0.5) is 0 Å². The summed E-state index contributed by atoms with van der Waals surface area (Å²) in [5.74, 6) is -1.09. The Labute approximate surface area is 169 Å². The van der Waals surface area contributed by atoms with Crippen molar-refractivity contribution in [2.24, 2.45) is 5.73 Å². The monoisotopic (exact) mass is 395 g/mol. The summed E-state index contributed by atoms with van der Waals surface area (Å²) in [6.07, 6.45) is 0.605. The van der Waals surface area contributed by atoms with Gasteiger partial charge in [0.1, 0.15) is 6.61 Å². The van der Waals surface area contributed by atoms with Crippen LogP contribution >= 0.6 is 0 Å². The second-order valence-corrected chi connectivity index (χ2v) is 7.15. The predicted octanol–water partition coefficient (Wildman–Crippen LogP) is 1.06. The first-order valence-electron chi connectivity index (χ1n) is 9.59. The van der Waals surface area contributed by atoms with E-state index in [4.69, 9.17) is 10.5 Å². The first kappa shape index (κ1) is 20.5. The summed E-state index contributed by atoms with van der Waals surface area (Å²) >= 11 is 0. The van der Waals surface area contributed by atoms with Crippen LogP contribution in [0, 0.1) is 0 Å². The summed E-state index contributed by atoms with van der Waals surface area (Å²) in [5, 5.41) is 5.94. The Bertz CT molecular complexity index is 842. The van der Waals surface area contributed by atoms with Crippen LogP contribution in [-0.2, 0) is 32.1 Å². The summed E-state index contributed by atoms with van der Waals surface area (Å²) in [4.78, 5) is 36.1. The van der Waals surface area contributed by atoms with Crippen molar-refractivity contribution in [1.82, 2.24) is 10.6 Å². The third-order valence-electron chi connectivity index (χ3n) is 4.91. The molecule has 3 atom stereocenters. The number of carbonyl (C=O) groups excluding carboxylic acids is 3. The topological polar surface area (TPSA) is 111 Å². The number of nitrogens with one attached hydrogen (secondary N) is 2. The molecule has 0 radical (unpaired) electrons. The minimum absolute atomic E-state index is 0.0209. The highest BCUT2D eigenvalue weighted by atomic mass is 16.5. The fraction of sp³-hybridized carbons (Fsp3) is 0.318. The lowest BCUT2D eigenvalue weighted by Gasteiger charge is -2.24. The number of amides is 2. The SMILES string of the molecule is NC(=O)[C@H](Cc1ccccc1)NC1CC(=O)NC1CC(=O)OCc1ccccc1. The van der Waals surface area contributed by atoms with E-state index in [2.05, 4.69) is 10.6 Å². The van der Waals surface area contributed by atoms with Gasteiger partial charge < -0.3 is 21.1 Å². The van der Waals surface area contributed by atoms with Gasteiger partial charge in [0.2, 0.25) is 11.8 Å². The molecule has 2 unspecified atom stereocenters. The van der Waals surface area contributed by atoms with Crippen LogP contribution in [-0.4, -0.2) is 35.9 Å². The Hall–Kier alpha value is -3.19. The van der Waals surface area contributed by atoms with Gasteiger partial charge in [-0.15, -0.1) is 0 Å². The van der Waals surface area contributed by atoms with E-state index < -0.39 is 24.0 Å². The van der Waals surface area contributed by atoms with Crippen molar-refractivity contribution in [3.05, 3.63) is 71.8 Å². The third-order valence-corrected chi connectivity index (χ3v) is 4.91. The van der Waals surface area contributed by atoms with Crippen molar-refractivity contribution in [3.63, 3.8) is 0 Å². The highest BCUT2D eigenvalue weighted by molar-refractivity contribution is 5.83. The molecule has 1 aliphatic heterocycles. The molecule has 7 heteroatoms. The number of ether oxygens (including phenoxy) is 1. The fourth-order valence-electron chi connectivity index (χ4n) is 3.40. The highest BCUT2D eigenvalue weighted by Crippen LogP contribution is 2.15. The Morgan fingerprint density at radius 1 is 1.07 bits per heavy atom. The first-order chi connectivity index (χ1) is 14.0. The Kier molecular flexibility index (Phi) is 6.97. The molecule has 0 aliphatic carbocycles. The second-order valence-electron chi connectivity index (χ2n) is 7.15. The molecule has 0 saturated carbocycles. The molecule has 1 fully saturated rings. The average molecular weight is 395 g/mol. The molecule has 4 N–H and O–H groups in total. The number of carbonyl (C=O) groups is 3. The van der Waals surface area contributed by atoms with Crippen LogP contribution in [0.15, 0.2) is 60.7 Å². The molecule has 1 saturated heterocycles. The number of primary amides is 1. The Morgan fingerprint density at radius 2 is 1.69 bits per heavy atom. The van der Waals surface area contributed by atoms with Crippen molar-refractivity contribution >= 4 is 17.8 Å². The summed E-state index contributed by atoms with van der Waals surface area (Å²) in [5.41, 5.74) is 7.41. The minimum Gasteiger partial charge on any atom is -0.461 e. The number of benzene rings is 2. The average Bonchev–Trinajstić information content (AvgIpc) is 3.06. The molecule has 2 aromatic rings. The maximum absolute atomic E-state index is 12.2. The van der Waals surface area contributed by atoms with Crippen LogP contribution in [0.2, 0.25) is 0 Å². The summed E-state index contributed by atoms with van der Waals surface area (Å²) in [6, 6.07) is 17.4. The molecule has 2 aromatic carbocycles. The van der Waals surface area contributed by atoms with Crippen LogP contribution in [0.1, 0.15) is 24.0 Å². The maximum atomic E-state index is 12.2. The number of hydrogen-bond acceptors (Lipinski definition) is 5. The molecule has 152 valence electrons. The zero-order valence-electron chi connectivity index (χ0n) is 16.0. The van der Waals surface area contributed by atoms with Crippen molar-refractivity contribution < 1.29 is 19.1 Å². The van der Waals surface area contributed by atoms with Crippen LogP contribution in [0.25, 0.3) is 0 Å². The zero-order chi connectivity index (χ0) is 20.6. The predicted molar refractivity (Wildman–Crippen MR) is 107 cm³/mol. The summed E-state index contributed by atoms with van der Waals surface area (Å²) in [7, 11) is 0. The van der Waals surface area contributed by atoms with Crippen molar-refractivity contribution in [3.8, 4) is 0 Å². The smallest absolute Gasteiger partial charge is 0.308 e. The lowest BCUT2D eigenvalue weighted by atomic mass is 10.0. The normalized spacial score (nSPS) is 19.4. The van der Waals surface area contributed by atoms with Gasteiger partial charge in [0.05, 0.1) is 18.5 Å². The minimum atomic E-state index is -0.641. The highest BCUT2D eigenvalue weighted by Gasteiger charge is 2.36. The molecule has 0 spiro atoms. The summed E-state index contributed by atoms with van der Waals surface area (Å²) in [6.45, 7) is 0.177. The molecule has 1 heterocycles. The molecular formula is C22H25N3O4. The molecule has 7 nitrogen and oxygen atoms in total.